The van der Waals surface area contributed by atoms with Crippen LogP contribution in [0.2, 0.25) is 0 Å². The van der Waals surface area contributed by atoms with Gasteiger partial charge in [-0.15, -0.1) is 0 Å². The zero-order chi connectivity index (χ0) is 34.1. The summed E-state index contributed by atoms with van der Waals surface area (Å²) in [5.41, 5.74) is -5.17. The zero-order valence-electron chi connectivity index (χ0n) is 26.1. The smallest absolute Gasteiger partial charge is 0.280 e. The number of alkyl halides is 3. The molecule has 0 saturated heterocycles. The van der Waals surface area contributed by atoms with Gasteiger partial charge in [-0.1, -0.05) is 0 Å². The van der Waals surface area contributed by atoms with Crippen molar-refractivity contribution >= 4 is 38.3 Å². The van der Waals surface area contributed by atoms with Crippen LogP contribution in [0.5, 0.6) is 11.5 Å². The number of hydrogen-bond acceptors (Lipinski definition) is 9. The van der Waals surface area contributed by atoms with E-state index in [0.717, 1.165) is 0 Å². The molecular weight excluding hydrogens is 582 g/mol. The second-order valence-electron chi connectivity index (χ2n) is 8.97. The standard InChI is InChI=1S/C27H21F4N5O5S/c28-17-9-15(10-21-24(17)41-7-5-22(29)42(21,38)39)27(37)33-13-16-11-19-14(12-32-16)1-4-23(34-19)36-6-8-40-20-3-2-18(25(30)31)35-26(20)36/h1-4,9-12,22,25H,5-8,13H2,(H,33,37)/t22-/m1/s1/i5D2,7D2,22D. The summed E-state index contributed by atoms with van der Waals surface area (Å²) in [5.74, 6) is -3.27. The van der Waals surface area contributed by atoms with Crippen LogP contribution in [0.25, 0.3) is 10.9 Å². The van der Waals surface area contributed by atoms with E-state index in [1.165, 1.54) is 24.4 Å². The summed E-state index contributed by atoms with van der Waals surface area (Å²) in [6.45, 7) is -3.60. The van der Waals surface area contributed by atoms with E-state index in [1.807, 2.05) is 0 Å². The van der Waals surface area contributed by atoms with Gasteiger partial charge >= 0.3 is 0 Å². The molecule has 42 heavy (non-hydrogen) atoms. The van der Waals surface area contributed by atoms with Crippen molar-refractivity contribution in [1.82, 2.24) is 20.3 Å². The molecular formula is C27H21F4N5O5S. The zero-order valence-corrected chi connectivity index (χ0v) is 21.9. The molecule has 0 fully saturated rings. The van der Waals surface area contributed by atoms with E-state index < -0.39 is 68.3 Å². The second kappa shape index (κ2) is 10.7. The van der Waals surface area contributed by atoms with Gasteiger partial charge in [0.1, 0.15) is 23.0 Å². The fourth-order valence-electron chi connectivity index (χ4n) is 4.30. The molecule has 6 rings (SSSR count). The van der Waals surface area contributed by atoms with E-state index in [2.05, 4.69) is 25.0 Å². The molecule has 0 unspecified atom stereocenters. The maximum atomic E-state index is 15.2. The number of rotatable bonds is 5. The normalized spacial score (nSPS) is 23.5. The average molecular weight is 609 g/mol. The SMILES string of the molecule is [2H]C1([2H])Oc2c(F)cc(C(=O)NCc3cc4nc(N5CCOc6ccc(C(F)F)nc65)ccc4cn3)cc2S(=O)(=O)[C@@]([2H])(F)C1([2H])[2H]. The minimum absolute atomic E-state index is 0.158. The lowest BCUT2D eigenvalue weighted by Crippen LogP contribution is -2.30. The Morgan fingerprint density at radius 1 is 1.19 bits per heavy atom. The molecule has 15 heteroatoms. The minimum Gasteiger partial charge on any atom is -0.489 e. The van der Waals surface area contributed by atoms with Crippen molar-refractivity contribution in [3.8, 4) is 11.5 Å². The number of pyridine rings is 3. The molecule has 5 heterocycles. The molecule has 4 aromatic rings. The number of amides is 1. The highest BCUT2D eigenvalue weighted by Crippen LogP contribution is 2.37. The van der Waals surface area contributed by atoms with Crippen molar-refractivity contribution in [3.05, 3.63) is 71.4 Å². The van der Waals surface area contributed by atoms with Gasteiger partial charge in [-0.05, 0) is 42.5 Å². The Hall–Kier alpha value is -4.53. The lowest BCUT2D eigenvalue weighted by Gasteiger charge is -2.29. The molecule has 0 saturated carbocycles. The maximum Gasteiger partial charge on any atom is 0.280 e. The lowest BCUT2D eigenvalue weighted by atomic mass is 10.2. The van der Waals surface area contributed by atoms with Crippen LogP contribution in [0.3, 0.4) is 0 Å². The van der Waals surface area contributed by atoms with Crippen molar-refractivity contribution in [2.75, 3.05) is 24.6 Å². The summed E-state index contributed by atoms with van der Waals surface area (Å²) in [7, 11) is -5.78. The highest BCUT2D eigenvalue weighted by Gasteiger charge is 2.35. The Bertz CT molecular complexity index is 2060. The Labute approximate surface area is 243 Å². The number of hydrogen-bond donors (Lipinski definition) is 1. The fourth-order valence-corrected chi connectivity index (χ4v) is 5.33. The number of anilines is 2. The van der Waals surface area contributed by atoms with Crippen molar-refractivity contribution in [3.63, 3.8) is 0 Å². The number of ether oxygens (including phenoxy) is 2. The van der Waals surface area contributed by atoms with Gasteiger partial charge in [0.2, 0.25) is 15.3 Å². The molecule has 2 aliphatic heterocycles. The Kier molecular flexibility index (Phi) is 5.64. The van der Waals surface area contributed by atoms with Crippen LogP contribution in [-0.2, 0) is 16.4 Å². The van der Waals surface area contributed by atoms with Crippen LogP contribution in [0.15, 0.2) is 53.6 Å². The molecule has 2 aliphatic rings. The monoisotopic (exact) mass is 608 g/mol. The first-order valence-electron chi connectivity index (χ1n) is 14.6. The Balaban J connectivity index is 1.27. The molecule has 218 valence electrons. The van der Waals surface area contributed by atoms with Crippen LogP contribution < -0.4 is 19.7 Å². The van der Waals surface area contributed by atoms with Gasteiger partial charge in [0.15, 0.2) is 23.1 Å². The number of benzene rings is 1. The van der Waals surface area contributed by atoms with Crippen molar-refractivity contribution in [2.45, 2.75) is 29.7 Å². The number of fused-ring (bicyclic) bond motifs is 3. The third-order valence-electron chi connectivity index (χ3n) is 6.33. The lowest BCUT2D eigenvalue weighted by molar-refractivity contribution is 0.0949. The van der Waals surface area contributed by atoms with Gasteiger partial charge in [0.05, 0.1) is 35.0 Å². The first kappa shape index (κ1) is 22.1. The molecule has 0 aliphatic carbocycles. The number of sulfone groups is 1. The maximum absolute atomic E-state index is 15.2. The molecule has 0 spiro atoms. The topological polar surface area (TPSA) is 124 Å². The van der Waals surface area contributed by atoms with Gasteiger partial charge < -0.3 is 19.7 Å². The molecule has 10 nitrogen and oxygen atoms in total. The number of halogens is 4. The van der Waals surface area contributed by atoms with E-state index in [-0.39, 0.29) is 31.2 Å². The molecule has 1 N–H and O–H groups in total. The number of nitrogens with one attached hydrogen (secondary N) is 1. The van der Waals surface area contributed by atoms with Gasteiger partial charge in [-0.25, -0.2) is 35.9 Å². The molecule has 0 radical (unpaired) electrons. The summed E-state index contributed by atoms with van der Waals surface area (Å²) in [5, 5.41) is 2.97. The predicted molar refractivity (Wildman–Crippen MR) is 141 cm³/mol. The number of nitrogens with zero attached hydrogens (tertiary/aromatic N) is 4. The van der Waals surface area contributed by atoms with Gasteiger partial charge in [-0.2, -0.15) is 0 Å². The summed E-state index contributed by atoms with van der Waals surface area (Å²) in [6.07, 6.45) is -5.47. The summed E-state index contributed by atoms with van der Waals surface area (Å²) >= 11 is 0. The first-order valence-corrected chi connectivity index (χ1v) is 13.6. The third-order valence-corrected chi connectivity index (χ3v) is 7.79. The molecule has 3 aromatic heterocycles. The highest BCUT2D eigenvalue weighted by molar-refractivity contribution is 7.92. The van der Waals surface area contributed by atoms with Crippen molar-refractivity contribution < 1.29 is 47.1 Å². The van der Waals surface area contributed by atoms with Crippen LogP contribution in [0.1, 0.15) is 41.4 Å². The molecule has 1 amide bonds. The van der Waals surface area contributed by atoms with E-state index in [9.17, 15) is 22.0 Å². The van der Waals surface area contributed by atoms with E-state index in [4.69, 9.17) is 11.6 Å². The largest absolute Gasteiger partial charge is 0.489 e. The highest BCUT2D eigenvalue weighted by atomic mass is 32.2. The molecule has 1 atom stereocenters. The van der Waals surface area contributed by atoms with Crippen LogP contribution in [0, 0.1) is 5.82 Å². The van der Waals surface area contributed by atoms with Crippen molar-refractivity contribution in [1.29, 1.82) is 0 Å². The van der Waals surface area contributed by atoms with Crippen molar-refractivity contribution in [2.24, 2.45) is 0 Å². The fraction of sp³-hybridized carbons (Fsp3) is 0.259. The number of aromatic nitrogens is 3. The van der Waals surface area contributed by atoms with Gasteiger partial charge in [0, 0.05) is 26.3 Å². The van der Waals surface area contributed by atoms with E-state index in [1.54, 1.807) is 17.0 Å². The van der Waals surface area contributed by atoms with Crippen LogP contribution in [0.4, 0.5) is 29.2 Å². The van der Waals surface area contributed by atoms with Gasteiger partial charge in [0.25, 0.3) is 12.3 Å². The van der Waals surface area contributed by atoms with Gasteiger partial charge in [-0.3, -0.25) is 9.78 Å². The quantitative estimate of drug-likeness (QED) is 0.328. The third kappa shape index (κ3) is 5.04. The minimum atomic E-state index is -5.78. The summed E-state index contributed by atoms with van der Waals surface area (Å²) < 4.78 is 131. The summed E-state index contributed by atoms with van der Waals surface area (Å²) in [4.78, 5) is 26.0. The average Bonchev–Trinajstić information content (AvgIpc) is 3.05. The summed E-state index contributed by atoms with van der Waals surface area (Å²) in [6, 6.07) is 8.34. The predicted octanol–water partition coefficient (Wildman–Crippen LogP) is 4.41. The number of carbonyl (C=O) groups excluding carboxylic acids is 1. The first-order chi connectivity index (χ1) is 21.9. The molecule has 1 aromatic carbocycles. The number of carbonyl (C=O) groups is 1. The van der Waals surface area contributed by atoms with Crippen LogP contribution >= 0.6 is 0 Å². The van der Waals surface area contributed by atoms with E-state index >= 15 is 8.78 Å². The second-order valence-corrected chi connectivity index (χ2v) is 10.8. The molecule has 0 bridgehead atoms. The van der Waals surface area contributed by atoms with E-state index in [0.29, 0.717) is 34.6 Å². The van der Waals surface area contributed by atoms with Crippen LogP contribution in [-0.4, -0.2) is 54.5 Å². The Morgan fingerprint density at radius 2 is 2.02 bits per heavy atom. The Morgan fingerprint density at radius 3 is 2.83 bits per heavy atom.